The Morgan fingerprint density at radius 1 is 0.966 bits per heavy atom. The van der Waals surface area contributed by atoms with Gasteiger partial charge in [0.05, 0.1) is 24.9 Å². The highest BCUT2D eigenvalue weighted by molar-refractivity contribution is 5.97. The molecule has 0 unspecified atom stereocenters. The molecule has 0 spiro atoms. The number of para-hydroxylation sites is 2. The first kappa shape index (κ1) is 23.1. The molecule has 3 rings (SSSR count). The minimum Gasteiger partial charge on any atom is -0.489 e. The van der Waals surface area contributed by atoms with Crippen molar-refractivity contribution in [2.45, 2.75) is 39.2 Å². The summed E-state index contributed by atoms with van der Waals surface area (Å²) in [4.78, 5) is 29.5. The summed E-state index contributed by atoms with van der Waals surface area (Å²) in [6, 6.07) is 8.19. The Hall–Kier alpha value is -2.23. The number of hydrogen-bond donors (Lipinski definition) is 0. The zero-order valence-electron chi connectivity index (χ0n) is 17.2. The third-order valence-corrected chi connectivity index (χ3v) is 4.99. The lowest BCUT2D eigenvalue weighted by atomic mass is 10.1. The molecular formula is C22H30ClN3O3. The third-order valence-electron chi connectivity index (χ3n) is 4.99. The van der Waals surface area contributed by atoms with Crippen molar-refractivity contribution in [2.75, 3.05) is 44.2 Å². The molecule has 2 fully saturated rings. The van der Waals surface area contributed by atoms with Crippen LogP contribution in [-0.4, -0.2) is 67.0 Å². The topological polar surface area (TPSA) is 53.1 Å². The summed E-state index contributed by atoms with van der Waals surface area (Å²) in [6.07, 6.45) is 1.72. The number of likely N-dealkylation sites (tertiary alicyclic amines) is 1. The first-order valence-corrected chi connectivity index (χ1v) is 10.1. The van der Waals surface area contributed by atoms with Gasteiger partial charge in [-0.2, -0.15) is 0 Å². The van der Waals surface area contributed by atoms with Crippen LogP contribution in [-0.2, 0) is 9.59 Å². The standard InChI is InChI=1S/C22H29N3O3.ClH/c1-18(2)28-20-9-4-3-8-19(20)24-16-14-23(15-17-24)12-5-6-13-25-21(26)10-7-11-22(25)27;/h3-4,8-9,18H,7,10-17H2,1-2H3;1H. The van der Waals surface area contributed by atoms with Gasteiger partial charge >= 0.3 is 0 Å². The van der Waals surface area contributed by atoms with Crippen molar-refractivity contribution >= 4 is 29.9 Å². The average molecular weight is 420 g/mol. The Labute approximate surface area is 179 Å². The zero-order valence-corrected chi connectivity index (χ0v) is 18.0. The number of carbonyl (C=O) groups is 2. The number of piperidine rings is 1. The molecule has 2 saturated heterocycles. The predicted octanol–water partition coefficient (Wildman–Crippen LogP) is 2.56. The van der Waals surface area contributed by atoms with Gasteiger partial charge in [-0.1, -0.05) is 24.0 Å². The molecule has 0 radical (unpaired) electrons. The van der Waals surface area contributed by atoms with Crippen molar-refractivity contribution in [3.63, 3.8) is 0 Å². The Bertz CT molecular complexity index is 748. The summed E-state index contributed by atoms with van der Waals surface area (Å²) < 4.78 is 5.94. The Morgan fingerprint density at radius 2 is 1.59 bits per heavy atom. The molecule has 2 heterocycles. The summed E-state index contributed by atoms with van der Waals surface area (Å²) >= 11 is 0. The quantitative estimate of drug-likeness (QED) is 0.542. The molecule has 0 N–H and O–H groups in total. The molecule has 0 saturated carbocycles. The molecule has 7 heteroatoms. The van der Waals surface area contributed by atoms with E-state index >= 15 is 0 Å². The number of amides is 2. The smallest absolute Gasteiger partial charge is 0.230 e. The van der Waals surface area contributed by atoms with E-state index in [9.17, 15) is 9.59 Å². The molecule has 0 aliphatic carbocycles. The van der Waals surface area contributed by atoms with Crippen LogP contribution in [0.15, 0.2) is 24.3 Å². The highest BCUT2D eigenvalue weighted by Gasteiger charge is 2.24. The number of halogens is 1. The van der Waals surface area contributed by atoms with Gasteiger partial charge in [0.25, 0.3) is 0 Å². The van der Waals surface area contributed by atoms with E-state index in [1.807, 2.05) is 32.0 Å². The van der Waals surface area contributed by atoms with Crippen molar-refractivity contribution < 1.29 is 14.3 Å². The van der Waals surface area contributed by atoms with Crippen LogP contribution in [0.4, 0.5) is 5.69 Å². The zero-order chi connectivity index (χ0) is 19.9. The number of rotatable bonds is 5. The van der Waals surface area contributed by atoms with Crippen LogP contribution in [0.2, 0.25) is 0 Å². The fraction of sp³-hybridized carbons (Fsp3) is 0.545. The van der Waals surface area contributed by atoms with E-state index in [4.69, 9.17) is 4.74 Å². The van der Waals surface area contributed by atoms with Crippen LogP contribution >= 0.6 is 12.4 Å². The monoisotopic (exact) mass is 419 g/mol. The summed E-state index contributed by atoms with van der Waals surface area (Å²) in [5.41, 5.74) is 1.14. The van der Waals surface area contributed by atoms with Gasteiger partial charge in [-0.15, -0.1) is 12.4 Å². The van der Waals surface area contributed by atoms with Crippen LogP contribution in [0.25, 0.3) is 0 Å². The molecule has 1 aromatic carbocycles. The average Bonchev–Trinajstić information content (AvgIpc) is 2.68. The van der Waals surface area contributed by atoms with Crippen molar-refractivity contribution in [3.8, 4) is 17.6 Å². The first-order chi connectivity index (χ1) is 13.5. The van der Waals surface area contributed by atoms with Crippen molar-refractivity contribution in [3.05, 3.63) is 24.3 Å². The number of hydrogen-bond acceptors (Lipinski definition) is 5. The molecule has 0 bridgehead atoms. The van der Waals surface area contributed by atoms with E-state index in [0.717, 1.165) is 37.6 Å². The number of carbonyl (C=O) groups excluding carboxylic acids is 2. The van der Waals surface area contributed by atoms with Crippen molar-refractivity contribution in [2.24, 2.45) is 0 Å². The van der Waals surface area contributed by atoms with Gasteiger partial charge in [-0.3, -0.25) is 19.4 Å². The molecule has 1 aromatic rings. The van der Waals surface area contributed by atoms with Gasteiger partial charge in [0, 0.05) is 39.0 Å². The second-order valence-electron chi connectivity index (χ2n) is 7.48. The molecule has 6 nitrogen and oxygen atoms in total. The maximum absolute atomic E-state index is 11.8. The number of piperazine rings is 1. The van der Waals surface area contributed by atoms with E-state index in [-0.39, 0.29) is 36.9 Å². The predicted molar refractivity (Wildman–Crippen MR) is 116 cm³/mol. The van der Waals surface area contributed by atoms with E-state index in [2.05, 4.69) is 27.7 Å². The van der Waals surface area contributed by atoms with Gasteiger partial charge in [0.2, 0.25) is 11.8 Å². The molecule has 0 aromatic heterocycles. The summed E-state index contributed by atoms with van der Waals surface area (Å²) in [7, 11) is 0. The van der Waals surface area contributed by atoms with Gasteiger partial charge < -0.3 is 9.64 Å². The fourth-order valence-electron chi connectivity index (χ4n) is 3.50. The van der Waals surface area contributed by atoms with Crippen LogP contribution in [0.1, 0.15) is 33.1 Å². The Kier molecular flexibility index (Phi) is 8.81. The Morgan fingerprint density at radius 3 is 2.24 bits per heavy atom. The third kappa shape index (κ3) is 6.38. The highest BCUT2D eigenvalue weighted by atomic mass is 35.5. The number of ether oxygens (including phenoxy) is 1. The van der Waals surface area contributed by atoms with Crippen molar-refractivity contribution in [1.29, 1.82) is 0 Å². The second-order valence-corrected chi connectivity index (χ2v) is 7.48. The maximum atomic E-state index is 11.8. The summed E-state index contributed by atoms with van der Waals surface area (Å²) in [5, 5.41) is 0. The molecule has 29 heavy (non-hydrogen) atoms. The van der Waals surface area contributed by atoms with Gasteiger partial charge in [-0.05, 0) is 32.4 Å². The molecule has 2 aliphatic rings. The van der Waals surface area contributed by atoms with E-state index in [0.29, 0.717) is 25.8 Å². The molecule has 2 amide bonds. The highest BCUT2D eigenvalue weighted by Crippen LogP contribution is 2.29. The number of benzene rings is 1. The number of nitrogens with zero attached hydrogens (tertiary/aromatic N) is 3. The Balaban J connectivity index is 0.00000300. The SMILES string of the molecule is CC(C)Oc1ccccc1N1CCN(CC#CCN2C(=O)CCCC2=O)CC1.Cl. The van der Waals surface area contributed by atoms with E-state index in [1.165, 1.54) is 4.90 Å². The van der Waals surface area contributed by atoms with Crippen LogP contribution in [0.5, 0.6) is 5.75 Å². The first-order valence-electron chi connectivity index (χ1n) is 10.1. The lowest BCUT2D eigenvalue weighted by Gasteiger charge is -2.36. The molecule has 158 valence electrons. The second kappa shape index (κ2) is 11.1. The van der Waals surface area contributed by atoms with E-state index in [1.54, 1.807) is 0 Å². The van der Waals surface area contributed by atoms with Crippen molar-refractivity contribution in [1.82, 2.24) is 9.80 Å². The lowest BCUT2D eigenvalue weighted by Crippen LogP contribution is -2.46. The molecular weight excluding hydrogens is 390 g/mol. The normalized spacial score (nSPS) is 17.6. The lowest BCUT2D eigenvalue weighted by molar-refractivity contribution is -0.147. The van der Waals surface area contributed by atoms with Crippen LogP contribution in [0.3, 0.4) is 0 Å². The molecule has 2 aliphatic heterocycles. The largest absolute Gasteiger partial charge is 0.489 e. The number of anilines is 1. The number of imide groups is 1. The minimum atomic E-state index is -0.0959. The fourth-order valence-corrected chi connectivity index (χ4v) is 3.50. The minimum absolute atomic E-state index is 0. The van der Waals surface area contributed by atoms with Gasteiger partial charge in [0.1, 0.15) is 5.75 Å². The van der Waals surface area contributed by atoms with Gasteiger partial charge in [-0.25, -0.2) is 0 Å². The van der Waals surface area contributed by atoms with E-state index < -0.39 is 0 Å². The molecule has 0 atom stereocenters. The summed E-state index contributed by atoms with van der Waals surface area (Å²) in [6.45, 7) is 8.65. The van der Waals surface area contributed by atoms with Crippen LogP contribution in [0, 0.1) is 11.8 Å². The summed E-state index contributed by atoms with van der Waals surface area (Å²) in [5.74, 6) is 6.86. The van der Waals surface area contributed by atoms with Crippen LogP contribution < -0.4 is 9.64 Å². The maximum Gasteiger partial charge on any atom is 0.230 e. The van der Waals surface area contributed by atoms with Gasteiger partial charge in [0.15, 0.2) is 0 Å².